The molecule has 1 aliphatic rings. The minimum Gasteiger partial charge on any atom is -0.394 e. The number of nitrogens with one attached hydrogen (secondary N) is 1. The number of amides is 1. The number of hydrogen-bond donors (Lipinski definition) is 5. The molecule has 7 nitrogen and oxygen atoms in total. The van der Waals surface area contributed by atoms with Crippen molar-refractivity contribution in [1.29, 1.82) is 0 Å². The van der Waals surface area contributed by atoms with Gasteiger partial charge in [0.25, 0.3) is 0 Å². The summed E-state index contributed by atoms with van der Waals surface area (Å²) >= 11 is 0. The standard InChI is InChI=1S/C11H21NO6/c1-5(2)3-7(14)12-8-10(16)9(15)6(4-13)18-11(8)17/h5-6,8-11,13,15-17H,3-4H2,1-2H3,(H,12,14)/t6?,8?,9-,10-,11-/m1/s1. The van der Waals surface area contributed by atoms with Crippen LogP contribution in [0.1, 0.15) is 20.3 Å². The molecule has 1 heterocycles. The molecule has 5 atom stereocenters. The van der Waals surface area contributed by atoms with Crippen LogP contribution in [0.15, 0.2) is 0 Å². The molecule has 5 N–H and O–H groups in total. The molecule has 7 heteroatoms. The summed E-state index contributed by atoms with van der Waals surface area (Å²) in [6.07, 6.45) is -5.02. The maximum Gasteiger partial charge on any atom is 0.220 e. The first kappa shape index (κ1) is 15.3. The van der Waals surface area contributed by atoms with Crippen LogP contribution in [-0.4, -0.2) is 63.6 Å². The topological polar surface area (TPSA) is 119 Å². The van der Waals surface area contributed by atoms with Gasteiger partial charge in [0.05, 0.1) is 6.61 Å². The lowest BCUT2D eigenvalue weighted by Gasteiger charge is -2.40. The molecule has 1 saturated heterocycles. The van der Waals surface area contributed by atoms with Gasteiger partial charge in [0.15, 0.2) is 6.29 Å². The van der Waals surface area contributed by atoms with Crippen LogP contribution in [0.5, 0.6) is 0 Å². The highest BCUT2D eigenvalue weighted by Crippen LogP contribution is 2.19. The molecule has 0 aliphatic carbocycles. The third kappa shape index (κ3) is 3.63. The smallest absolute Gasteiger partial charge is 0.220 e. The van der Waals surface area contributed by atoms with Gasteiger partial charge in [-0.15, -0.1) is 0 Å². The summed E-state index contributed by atoms with van der Waals surface area (Å²) in [6.45, 7) is 3.20. The molecule has 0 aromatic carbocycles. The number of aliphatic hydroxyl groups excluding tert-OH is 4. The average molecular weight is 263 g/mol. The van der Waals surface area contributed by atoms with Gasteiger partial charge < -0.3 is 30.5 Å². The fourth-order valence-electron chi connectivity index (χ4n) is 1.87. The van der Waals surface area contributed by atoms with E-state index in [2.05, 4.69) is 5.32 Å². The van der Waals surface area contributed by atoms with Gasteiger partial charge in [0, 0.05) is 6.42 Å². The zero-order valence-electron chi connectivity index (χ0n) is 10.5. The Hall–Kier alpha value is -0.730. The van der Waals surface area contributed by atoms with Crippen LogP contribution in [-0.2, 0) is 9.53 Å². The Morgan fingerprint density at radius 3 is 2.39 bits per heavy atom. The largest absolute Gasteiger partial charge is 0.394 e. The van der Waals surface area contributed by atoms with Gasteiger partial charge in [-0.2, -0.15) is 0 Å². The van der Waals surface area contributed by atoms with Crippen molar-refractivity contribution in [2.24, 2.45) is 5.92 Å². The Bertz CT molecular complexity index is 285. The van der Waals surface area contributed by atoms with E-state index in [1.54, 1.807) is 0 Å². The van der Waals surface area contributed by atoms with Crippen molar-refractivity contribution in [3.8, 4) is 0 Å². The molecule has 0 aromatic rings. The Morgan fingerprint density at radius 2 is 1.89 bits per heavy atom. The highest BCUT2D eigenvalue weighted by atomic mass is 16.6. The van der Waals surface area contributed by atoms with Crippen LogP contribution >= 0.6 is 0 Å². The first-order valence-electron chi connectivity index (χ1n) is 5.96. The first-order valence-corrected chi connectivity index (χ1v) is 5.96. The molecule has 106 valence electrons. The second-order valence-electron chi connectivity index (χ2n) is 4.92. The van der Waals surface area contributed by atoms with Gasteiger partial charge in [-0.25, -0.2) is 0 Å². The van der Waals surface area contributed by atoms with Crippen LogP contribution in [0, 0.1) is 5.92 Å². The minimum atomic E-state index is -1.46. The summed E-state index contributed by atoms with van der Waals surface area (Å²) in [5.41, 5.74) is 0. The molecule has 0 saturated carbocycles. The van der Waals surface area contributed by atoms with E-state index in [9.17, 15) is 20.1 Å². The molecule has 0 aromatic heterocycles. The third-order valence-electron chi connectivity index (χ3n) is 2.82. The number of carbonyl (C=O) groups excluding carboxylic acids is 1. The maximum atomic E-state index is 11.6. The van der Waals surface area contributed by atoms with Crippen molar-refractivity contribution < 1.29 is 30.0 Å². The Labute approximate surface area is 105 Å². The van der Waals surface area contributed by atoms with Gasteiger partial charge in [-0.3, -0.25) is 4.79 Å². The molecule has 0 spiro atoms. The highest BCUT2D eigenvalue weighted by Gasteiger charge is 2.44. The number of aliphatic hydroxyl groups is 4. The molecular formula is C11H21NO6. The normalized spacial score (nSPS) is 36.7. The van der Waals surface area contributed by atoms with Crippen molar-refractivity contribution in [3.63, 3.8) is 0 Å². The van der Waals surface area contributed by atoms with E-state index in [1.807, 2.05) is 13.8 Å². The summed E-state index contributed by atoms with van der Waals surface area (Å²) in [5, 5.41) is 40.3. The third-order valence-corrected chi connectivity index (χ3v) is 2.82. The quantitative estimate of drug-likeness (QED) is 0.398. The number of carbonyl (C=O) groups is 1. The average Bonchev–Trinajstić information content (AvgIpc) is 2.28. The van der Waals surface area contributed by atoms with E-state index in [0.29, 0.717) is 0 Å². The summed E-state index contributed by atoms with van der Waals surface area (Å²) in [5.74, 6) is -0.203. The van der Waals surface area contributed by atoms with Gasteiger partial charge >= 0.3 is 0 Å². The number of hydrogen-bond acceptors (Lipinski definition) is 6. The molecule has 0 radical (unpaired) electrons. The molecule has 1 aliphatic heterocycles. The fourth-order valence-corrected chi connectivity index (χ4v) is 1.87. The SMILES string of the molecule is CC(C)CC(=O)NC1[C@H](O)OC(CO)[C@@H](O)[C@@H]1O. The molecule has 1 rings (SSSR count). The first-order chi connectivity index (χ1) is 8.36. The number of ether oxygens (including phenoxy) is 1. The van der Waals surface area contributed by atoms with E-state index in [-0.39, 0.29) is 18.2 Å². The van der Waals surface area contributed by atoms with E-state index < -0.39 is 37.3 Å². The maximum absolute atomic E-state index is 11.6. The van der Waals surface area contributed by atoms with E-state index in [1.165, 1.54) is 0 Å². The van der Waals surface area contributed by atoms with Gasteiger partial charge in [0.2, 0.25) is 5.91 Å². The number of rotatable bonds is 4. The Balaban J connectivity index is 2.62. The van der Waals surface area contributed by atoms with Gasteiger partial charge in [-0.1, -0.05) is 13.8 Å². The highest BCUT2D eigenvalue weighted by molar-refractivity contribution is 5.76. The Morgan fingerprint density at radius 1 is 1.28 bits per heavy atom. The second-order valence-corrected chi connectivity index (χ2v) is 4.92. The van der Waals surface area contributed by atoms with Crippen LogP contribution in [0.3, 0.4) is 0 Å². The monoisotopic (exact) mass is 263 g/mol. The minimum absolute atomic E-state index is 0.138. The zero-order chi connectivity index (χ0) is 13.9. The van der Waals surface area contributed by atoms with Crippen LogP contribution in [0.25, 0.3) is 0 Å². The lowest BCUT2D eigenvalue weighted by atomic mass is 9.96. The fraction of sp³-hybridized carbons (Fsp3) is 0.909. The Kier molecular flexibility index (Phi) is 5.48. The van der Waals surface area contributed by atoms with Crippen molar-refractivity contribution in [2.45, 2.75) is 50.9 Å². The molecule has 1 amide bonds. The molecular weight excluding hydrogens is 242 g/mol. The second kappa shape index (κ2) is 6.44. The molecule has 18 heavy (non-hydrogen) atoms. The molecule has 2 unspecified atom stereocenters. The molecule has 0 bridgehead atoms. The van der Waals surface area contributed by atoms with E-state index in [0.717, 1.165) is 0 Å². The van der Waals surface area contributed by atoms with E-state index >= 15 is 0 Å². The van der Waals surface area contributed by atoms with Crippen molar-refractivity contribution in [2.75, 3.05) is 6.61 Å². The summed E-state index contributed by atoms with van der Waals surface area (Å²) in [7, 11) is 0. The van der Waals surface area contributed by atoms with Crippen LogP contribution < -0.4 is 5.32 Å². The predicted octanol–water partition coefficient (Wildman–Crippen LogP) is -2.05. The van der Waals surface area contributed by atoms with Gasteiger partial charge in [-0.05, 0) is 5.92 Å². The molecule has 1 fully saturated rings. The lowest BCUT2D eigenvalue weighted by Crippen LogP contribution is -2.64. The van der Waals surface area contributed by atoms with Gasteiger partial charge in [0.1, 0.15) is 24.4 Å². The van der Waals surface area contributed by atoms with Crippen molar-refractivity contribution >= 4 is 5.91 Å². The van der Waals surface area contributed by atoms with E-state index in [4.69, 9.17) is 9.84 Å². The van der Waals surface area contributed by atoms with Crippen LogP contribution in [0.2, 0.25) is 0 Å². The summed E-state index contributed by atoms with van der Waals surface area (Å²) < 4.78 is 4.92. The lowest BCUT2D eigenvalue weighted by molar-refractivity contribution is -0.253. The summed E-state index contributed by atoms with van der Waals surface area (Å²) in [6, 6.07) is -1.10. The predicted molar refractivity (Wildman–Crippen MR) is 61.4 cm³/mol. The van der Waals surface area contributed by atoms with Crippen molar-refractivity contribution in [3.05, 3.63) is 0 Å². The van der Waals surface area contributed by atoms with Crippen molar-refractivity contribution in [1.82, 2.24) is 5.32 Å². The van der Waals surface area contributed by atoms with Crippen LogP contribution in [0.4, 0.5) is 0 Å². The summed E-state index contributed by atoms with van der Waals surface area (Å²) in [4.78, 5) is 11.6. The zero-order valence-corrected chi connectivity index (χ0v) is 10.5.